The first-order chi connectivity index (χ1) is 7.31. The van der Waals surface area contributed by atoms with E-state index in [0.29, 0.717) is 0 Å². The van der Waals surface area contributed by atoms with E-state index < -0.39 is 0 Å². The summed E-state index contributed by atoms with van der Waals surface area (Å²) in [6.07, 6.45) is 1.12. The smallest absolute Gasteiger partial charge is 0.0370 e. The van der Waals surface area contributed by atoms with Gasteiger partial charge >= 0.3 is 0 Å². The number of nitrogens with one attached hydrogen (secondary N) is 1. The van der Waals surface area contributed by atoms with Crippen LogP contribution in [0, 0.1) is 0 Å². The van der Waals surface area contributed by atoms with E-state index >= 15 is 0 Å². The molecule has 1 rings (SSSR count). The summed E-state index contributed by atoms with van der Waals surface area (Å²) in [5.41, 5.74) is 2.66. The first-order valence-electron chi connectivity index (χ1n) is 5.79. The molecule has 1 N–H and O–H groups in total. The molecule has 0 spiro atoms. The maximum Gasteiger partial charge on any atom is 0.0370 e. The molecule has 0 saturated carbocycles. The number of likely N-dealkylation sites (N-methyl/N-ethyl adjacent to an activating group) is 1. The molecule has 0 saturated heterocycles. The minimum Gasteiger partial charge on any atom is -0.388 e. The molecule has 0 heterocycles. The first kappa shape index (κ1) is 12.1. The Bertz CT molecular complexity index is 280. The van der Waals surface area contributed by atoms with Crippen molar-refractivity contribution in [2.75, 3.05) is 32.0 Å². The molecule has 2 heteroatoms. The van der Waals surface area contributed by atoms with Crippen LogP contribution >= 0.6 is 0 Å². The van der Waals surface area contributed by atoms with Crippen LogP contribution in [0.25, 0.3) is 0 Å². The highest BCUT2D eigenvalue weighted by atomic mass is 15.1. The molecule has 1 aromatic carbocycles. The van der Waals surface area contributed by atoms with Crippen molar-refractivity contribution in [3.05, 3.63) is 29.8 Å². The Morgan fingerprint density at radius 2 is 1.80 bits per heavy atom. The van der Waals surface area contributed by atoms with Crippen LogP contribution in [0.5, 0.6) is 0 Å². The summed E-state index contributed by atoms with van der Waals surface area (Å²) < 4.78 is 0. The molecule has 0 bridgehead atoms. The molecule has 0 aliphatic heterocycles. The Morgan fingerprint density at radius 1 is 1.13 bits per heavy atom. The number of hydrogen-bond donors (Lipinski definition) is 1. The predicted octanol–water partition coefficient (Wildman–Crippen LogP) is 2.61. The number of benzene rings is 1. The second kappa shape index (κ2) is 6.46. The standard InChI is InChI=1S/C13H22N2/c1-4-15(5-2)11-10-12-8-6-7-9-13(12)14-3/h6-9,14H,4-5,10-11H2,1-3H3. The van der Waals surface area contributed by atoms with Gasteiger partial charge < -0.3 is 10.2 Å². The maximum atomic E-state index is 3.24. The van der Waals surface area contributed by atoms with Gasteiger partial charge in [-0.2, -0.15) is 0 Å². The molecule has 0 amide bonds. The fourth-order valence-electron chi connectivity index (χ4n) is 1.80. The third-order valence-electron chi connectivity index (χ3n) is 2.88. The molecule has 84 valence electrons. The van der Waals surface area contributed by atoms with Gasteiger partial charge in [0.05, 0.1) is 0 Å². The highest BCUT2D eigenvalue weighted by Gasteiger charge is 2.02. The van der Waals surface area contributed by atoms with Gasteiger partial charge in [-0.15, -0.1) is 0 Å². The molecule has 0 aliphatic rings. The van der Waals surface area contributed by atoms with Crippen molar-refractivity contribution in [1.82, 2.24) is 4.90 Å². The van der Waals surface area contributed by atoms with E-state index in [-0.39, 0.29) is 0 Å². The highest BCUT2D eigenvalue weighted by molar-refractivity contribution is 5.50. The lowest BCUT2D eigenvalue weighted by Gasteiger charge is -2.18. The minimum atomic E-state index is 1.12. The molecule has 0 aromatic heterocycles. The second-order valence-electron chi connectivity index (χ2n) is 3.68. The third-order valence-corrected chi connectivity index (χ3v) is 2.88. The minimum absolute atomic E-state index is 1.12. The van der Waals surface area contributed by atoms with Crippen molar-refractivity contribution in [2.45, 2.75) is 20.3 Å². The first-order valence-corrected chi connectivity index (χ1v) is 5.79. The van der Waals surface area contributed by atoms with Gasteiger partial charge in [0, 0.05) is 19.3 Å². The zero-order valence-electron chi connectivity index (χ0n) is 10.1. The zero-order valence-corrected chi connectivity index (χ0v) is 10.1. The van der Waals surface area contributed by atoms with Crippen molar-refractivity contribution >= 4 is 5.69 Å². The van der Waals surface area contributed by atoms with Crippen LogP contribution in [0.1, 0.15) is 19.4 Å². The Hall–Kier alpha value is -1.02. The Morgan fingerprint density at radius 3 is 2.40 bits per heavy atom. The van der Waals surface area contributed by atoms with Gasteiger partial charge in [0.2, 0.25) is 0 Å². The fourth-order valence-corrected chi connectivity index (χ4v) is 1.80. The average molecular weight is 206 g/mol. The van der Waals surface area contributed by atoms with Crippen LogP contribution in [0.15, 0.2) is 24.3 Å². The summed E-state index contributed by atoms with van der Waals surface area (Å²) in [4.78, 5) is 2.45. The number of anilines is 1. The van der Waals surface area contributed by atoms with Crippen LogP contribution in [0.3, 0.4) is 0 Å². The van der Waals surface area contributed by atoms with Crippen molar-refractivity contribution in [2.24, 2.45) is 0 Å². The van der Waals surface area contributed by atoms with Crippen molar-refractivity contribution < 1.29 is 0 Å². The highest BCUT2D eigenvalue weighted by Crippen LogP contribution is 2.14. The predicted molar refractivity (Wildman–Crippen MR) is 67.5 cm³/mol. The molecule has 0 atom stereocenters. The van der Waals surface area contributed by atoms with Gasteiger partial charge in [-0.3, -0.25) is 0 Å². The Kier molecular flexibility index (Phi) is 5.19. The number of nitrogens with zero attached hydrogens (tertiary/aromatic N) is 1. The van der Waals surface area contributed by atoms with Gasteiger partial charge in [-0.1, -0.05) is 32.0 Å². The molecule has 0 unspecified atom stereocenters. The van der Waals surface area contributed by atoms with Crippen molar-refractivity contribution in [1.29, 1.82) is 0 Å². The molecule has 0 fully saturated rings. The fraction of sp³-hybridized carbons (Fsp3) is 0.538. The summed E-state index contributed by atoms with van der Waals surface area (Å²) in [5, 5.41) is 3.24. The largest absolute Gasteiger partial charge is 0.388 e. The van der Waals surface area contributed by atoms with E-state index in [0.717, 1.165) is 26.1 Å². The van der Waals surface area contributed by atoms with Crippen molar-refractivity contribution in [3.63, 3.8) is 0 Å². The zero-order chi connectivity index (χ0) is 11.1. The molecular weight excluding hydrogens is 184 g/mol. The number of para-hydroxylation sites is 1. The van der Waals surface area contributed by atoms with Gasteiger partial charge in [-0.05, 0) is 31.1 Å². The normalized spacial score (nSPS) is 10.7. The molecule has 1 aromatic rings. The van der Waals surface area contributed by atoms with Crippen LogP contribution in [0.2, 0.25) is 0 Å². The van der Waals surface area contributed by atoms with Gasteiger partial charge in [0.15, 0.2) is 0 Å². The number of rotatable bonds is 6. The van der Waals surface area contributed by atoms with Crippen LogP contribution in [-0.4, -0.2) is 31.6 Å². The Balaban J connectivity index is 2.56. The average Bonchev–Trinajstić information content (AvgIpc) is 2.31. The van der Waals surface area contributed by atoms with Crippen LogP contribution in [-0.2, 0) is 6.42 Å². The SMILES string of the molecule is CCN(CC)CCc1ccccc1NC. The van der Waals surface area contributed by atoms with E-state index in [1.54, 1.807) is 0 Å². The molecule has 0 aliphatic carbocycles. The summed E-state index contributed by atoms with van der Waals surface area (Å²) >= 11 is 0. The maximum absolute atomic E-state index is 3.24. The summed E-state index contributed by atoms with van der Waals surface area (Å²) in [6.45, 7) is 7.85. The van der Waals surface area contributed by atoms with E-state index in [9.17, 15) is 0 Å². The summed E-state index contributed by atoms with van der Waals surface area (Å²) in [6, 6.07) is 8.53. The van der Waals surface area contributed by atoms with Gasteiger partial charge in [-0.25, -0.2) is 0 Å². The van der Waals surface area contributed by atoms with Crippen molar-refractivity contribution in [3.8, 4) is 0 Å². The molecular formula is C13H22N2. The molecule has 2 nitrogen and oxygen atoms in total. The topological polar surface area (TPSA) is 15.3 Å². The van der Waals surface area contributed by atoms with Crippen LogP contribution < -0.4 is 5.32 Å². The summed E-state index contributed by atoms with van der Waals surface area (Å²) in [7, 11) is 1.98. The van der Waals surface area contributed by atoms with E-state index in [4.69, 9.17) is 0 Å². The molecule has 15 heavy (non-hydrogen) atoms. The quantitative estimate of drug-likeness (QED) is 0.769. The Labute approximate surface area is 93.3 Å². The number of hydrogen-bond acceptors (Lipinski definition) is 2. The third kappa shape index (κ3) is 3.56. The lowest BCUT2D eigenvalue weighted by atomic mass is 10.1. The second-order valence-corrected chi connectivity index (χ2v) is 3.68. The molecule has 0 radical (unpaired) electrons. The summed E-state index contributed by atoms with van der Waals surface area (Å²) in [5.74, 6) is 0. The monoisotopic (exact) mass is 206 g/mol. The lowest BCUT2D eigenvalue weighted by molar-refractivity contribution is 0.308. The van der Waals surface area contributed by atoms with E-state index in [1.807, 2.05) is 7.05 Å². The van der Waals surface area contributed by atoms with Crippen LogP contribution in [0.4, 0.5) is 5.69 Å². The van der Waals surface area contributed by atoms with E-state index in [1.165, 1.54) is 11.3 Å². The lowest BCUT2D eigenvalue weighted by Crippen LogP contribution is -2.25. The van der Waals surface area contributed by atoms with Gasteiger partial charge in [0.25, 0.3) is 0 Å². The van der Waals surface area contributed by atoms with E-state index in [2.05, 4.69) is 48.3 Å². The van der Waals surface area contributed by atoms with Gasteiger partial charge in [0.1, 0.15) is 0 Å².